The fraction of sp³-hybridized carbons (Fsp3) is 0.227. The zero-order chi connectivity index (χ0) is 23.3. The van der Waals surface area contributed by atoms with E-state index in [9.17, 15) is 13.2 Å². The number of aromatic nitrogens is 2. The topological polar surface area (TPSA) is 96.7 Å². The number of urea groups is 1. The smallest absolute Gasteiger partial charge is 0.274 e. The number of carbonyl (C=O) groups excluding carboxylic acids is 1. The molecule has 2 aromatic carbocycles. The van der Waals surface area contributed by atoms with E-state index in [2.05, 4.69) is 14.9 Å². The molecule has 32 heavy (non-hydrogen) atoms. The highest BCUT2D eigenvalue weighted by Gasteiger charge is 2.34. The molecular formula is C22H24ClN5O3S. The fourth-order valence-corrected chi connectivity index (χ4v) is 4.28. The van der Waals surface area contributed by atoms with Crippen molar-refractivity contribution in [3.8, 4) is 0 Å². The Morgan fingerprint density at radius 1 is 1.09 bits per heavy atom. The number of hydrazone groups is 1. The summed E-state index contributed by atoms with van der Waals surface area (Å²) in [5.41, 5.74) is 2.43. The highest BCUT2D eigenvalue weighted by molar-refractivity contribution is 7.90. The van der Waals surface area contributed by atoms with Gasteiger partial charge in [-0.05, 0) is 23.3 Å². The van der Waals surface area contributed by atoms with Gasteiger partial charge in [-0.2, -0.15) is 10.2 Å². The molecule has 168 valence electrons. The van der Waals surface area contributed by atoms with Crippen LogP contribution in [-0.4, -0.2) is 41.5 Å². The first kappa shape index (κ1) is 23.5. The van der Waals surface area contributed by atoms with E-state index in [0.29, 0.717) is 10.7 Å². The lowest BCUT2D eigenvalue weighted by molar-refractivity contribution is 0.210. The molecule has 10 heteroatoms. The zero-order valence-electron chi connectivity index (χ0n) is 17.9. The van der Waals surface area contributed by atoms with Crippen LogP contribution in [0.4, 0.5) is 4.79 Å². The van der Waals surface area contributed by atoms with Gasteiger partial charge in [0, 0.05) is 24.2 Å². The molecule has 0 bridgehead atoms. The molecule has 1 atom stereocenters. The Hall–Kier alpha value is -3.17. The molecule has 1 aromatic heterocycles. The number of amides is 2. The molecule has 8 nitrogen and oxygen atoms in total. The van der Waals surface area contributed by atoms with Crippen molar-refractivity contribution in [3.63, 3.8) is 0 Å². The first-order valence-corrected chi connectivity index (χ1v) is 11.9. The summed E-state index contributed by atoms with van der Waals surface area (Å²) in [5.74, 6) is -0.209. The van der Waals surface area contributed by atoms with Gasteiger partial charge in [-0.1, -0.05) is 67.9 Å². The molecule has 0 saturated heterocycles. The number of halogens is 1. The van der Waals surface area contributed by atoms with Crippen LogP contribution in [-0.2, 0) is 17.1 Å². The van der Waals surface area contributed by atoms with Gasteiger partial charge < -0.3 is 0 Å². The van der Waals surface area contributed by atoms with Crippen LogP contribution in [0.5, 0.6) is 0 Å². The molecule has 1 aliphatic heterocycles. The van der Waals surface area contributed by atoms with Crippen LogP contribution in [0.2, 0.25) is 5.02 Å². The van der Waals surface area contributed by atoms with Crippen LogP contribution in [0, 0.1) is 0 Å². The van der Waals surface area contributed by atoms with Gasteiger partial charge in [-0.15, -0.1) is 0 Å². The number of benzene rings is 2. The van der Waals surface area contributed by atoms with Gasteiger partial charge in [0.2, 0.25) is 0 Å². The van der Waals surface area contributed by atoms with Gasteiger partial charge in [0.05, 0.1) is 18.5 Å². The summed E-state index contributed by atoms with van der Waals surface area (Å²) in [5, 5.41) is 9.99. The molecular weight excluding hydrogens is 450 g/mol. The largest absolute Gasteiger partial charge is 0.351 e. The lowest BCUT2D eigenvalue weighted by Crippen LogP contribution is -2.39. The van der Waals surface area contributed by atoms with E-state index in [1.54, 1.807) is 19.2 Å². The predicted octanol–water partition coefficient (Wildman–Crippen LogP) is 4.00. The molecule has 1 aliphatic rings. The Kier molecular flexibility index (Phi) is 7.32. The van der Waals surface area contributed by atoms with Crippen molar-refractivity contribution in [2.75, 3.05) is 6.54 Å². The maximum Gasteiger partial charge on any atom is 0.351 e. The molecule has 0 aliphatic carbocycles. The van der Waals surface area contributed by atoms with Gasteiger partial charge in [-0.25, -0.2) is 22.9 Å². The Morgan fingerprint density at radius 2 is 1.75 bits per heavy atom. The minimum atomic E-state index is -4.06. The fourth-order valence-electron chi connectivity index (χ4n) is 3.22. The minimum Gasteiger partial charge on any atom is -0.274 e. The van der Waals surface area contributed by atoms with E-state index in [1.807, 2.05) is 56.3 Å². The third-order valence-corrected chi connectivity index (χ3v) is 6.23. The van der Waals surface area contributed by atoms with Gasteiger partial charge >= 0.3 is 6.03 Å². The predicted molar refractivity (Wildman–Crippen MR) is 124 cm³/mol. The van der Waals surface area contributed by atoms with Crippen molar-refractivity contribution in [3.05, 3.63) is 83.1 Å². The van der Waals surface area contributed by atoms with Crippen LogP contribution >= 0.6 is 11.6 Å². The number of rotatable bonds is 4. The Balaban J connectivity index is 0.00000141. The summed E-state index contributed by atoms with van der Waals surface area (Å²) in [6.07, 6.45) is 2.49. The van der Waals surface area contributed by atoms with Crippen molar-refractivity contribution in [2.24, 2.45) is 12.1 Å². The van der Waals surface area contributed by atoms with Crippen LogP contribution in [0.25, 0.3) is 0 Å². The van der Waals surface area contributed by atoms with E-state index in [1.165, 1.54) is 17.1 Å². The molecule has 0 radical (unpaired) electrons. The molecule has 2 amide bonds. The molecule has 1 N–H and O–H groups in total. The number of nitrogens with zero attached hydrogens (tertiary/aromatic N) is 4. The number of aryl methyl sites for hydroxylation is 1. The van der Waals surface area contributed by atoms with Gasteiger partial charge in [0.15, 0.2) is 0 Å². The third kappa shape index (κ3) is 5.17. The highest BCUT2D eigenvalue weighted by Crippen LogP contribution is 2.29. The van der Waals surface area contributed by atoms with Crippen LogP contribution in [0.1, 0.15) is 30.9 Å². The second kappa shape index (κ2) is 9.97. The SMILES string of the molecule is CC.Cn1cc(S(=O)(=O)NC(=O)N2CC(c3ccccc3)C(c3ccc(Cl)cc3)=N2)cn1. The van der Waals surface area contributed by atoms with Crippen molar-refractivity contribution < 1.29 is 13.2 Å². The lowest BCUT2D eigenvalue weighted by Gasteiger charge is -2.15. The standard InChI is InChI=1S/C20H18ClN5O3S.C2H6/c1-25-12-17(11-22-25)30(28,29)24-20(27)26-13-18(14-5-3-2-4-6-14)19(23-26)15-7-9-16(21)10-8-15;1-2/h2-12,18H,13H2,1H3,(H,24,27);1-2H3. The second-order valence-corrected chi connectivity index (χ2v) is 8.92. The number of hydrogen-bond donors (Lipinski definition) is 1. The third-order valence-electron chi connectivity index (χ3n) is 4.70. The number of sulfonamides is 1. The number of hydrogen-bond acceptors (Lipinski definition) is 5. The molecule has 0 saturated carbocycles. The summed E-state index contributed by atoms with van der Waals surface area (Å²) in [7, 11) is -2.47. The zero-order valence-corrected chi connectivity index (χ0v) is 19.5. The van der Waals surface area contributed by atoms with Crippen molar-refractivity contribution in [1.82, 2.24) is 19.5 Å². The molecule has 0 spiro atoms. The summed E-state index contributed by atoms with van der Waals surface area (Å²) in [6, 6.07) is 15.9. The molecule has 0 fully saturated rings. The highest BCUT2D eigenvalue weighted by atomic mass is 35.5. The summed E-state index contributed by atoms with van der Waals surface area (Å²) in [4.78, 5) is 12.6. The van der Waals surface area contributed by atoms with E-state index in [4.69, 9.17) is 11.6 Å². The average Bonchev–Trinajstić information content (AvgIpc) is 3.43. The van der Waals surface area contributed by atoms with E-state index < -0.39 is 16.1 Å². The summed E-state index contributed by atoms with van der Waals surface area (Å²) >= 11 is 6.00. The van der Waals surface area contributed by atoms with Crippen molar-refractivity contribution in [1.29, 1.82) is 0 Å². The quantitative estimate of drug-likeness (QED) is 0.619. The molecule has 1 unspecified atom stereocenters. The van der Waals surface area contributed by atoms with E-state index in [-0.39, 0.29) is 17.4 Å². The monoisotopic (exact) mass is 473 g/mol. The van der Waals surface area contributed by atoms with Gasteiger partial charge in [0.1, 0.15) is 4.90 Å². The first-order chi connectivity index (χ1) is 15.3. The Labute approximate surface area is 192 Å². The van der Waals surface area contributed by atoms with Crippen LogP contribution in [0.3, 0.4) is 0 Å². The van der Waals surface area contributed by atoms with Crippen molar-refractivity contribution in [2.45, 2.75) is 24.7 Å². The summed E-state index contributed by atoms with van der Waals surface area (Å²) in [6.45, 7) is 4.20. The second-order valence-electron chi connectivity index (χ2n) is 6.80. The maximum absolute atomic E-state index is 12.7. The Morgan fingerprint density at radius 3 is 2.34 bits per heavy atom. The average molecular weight is 474 g/mol. The minimum absolute atomic E-state index is 0.0981. The Bertz CT molecular complexity index is 1210. The van der Waals surface area contributed by atoms with Crippen LogP contribution < -0.4 is 4.72 Å². The molecule has 4 rings (SSSR count). The normalized spacial score (nSPS) is 15.6. The number of carbonyl (C=O) groups is 1. The summed E-state index contributed by atoms with van der Waals surface area (Å²) < 4.78 is 28.4. The number of nitrogens with one attached hydrogen (secondary N) is 1. The maximum atomic E-state index is 12.7. The van der Waals surface area contributed by atoms with Gasteiger partial charge in [0.25, 0.3) is 10.0 Å². The lowest BCUT2D eigenvalue weighted by atomic mass is 9.91. The molecule has 3 aromatic rings. The molecule has 2 heterocycles. The first-order valence-electron chi connectivity index (χ1n) is 10.1. The van der Waals surface area contributed by atoms with E-state index >= 15 is 0 Å². The van der Waals surface area contributed by atoms with Crippen molar-refractivity contribution >= 4 is 33.4 Å². The van der Waals surface area contributed by atoms with Crippen LogP contribution in [0.15, 0.2) is 77.0 Å². The van der Waals surface area contributed by atoms with Gasteiger partial charge in [-0.3, -0.25) is 4.68 Å². The van der Waals surface area contributed by atoms with E-state index in [0.717, 1.165) is 16.1 Å².